The van der Waals surface area contributed by atoms with Gasteiger partial charge in [-0.15, -0.1) is 0 Å². The van der Waals surface area contributed by atoms with Gasteiger partial charge in [-0.25, -0.2) is 19.9 Å². The van der Waals surface area contributed by atoms with E-state index in [1.165, 1.54) is 6.20 Å². The summed E-state index contributed by atoms with van der Waals surface area (Å²) >= 11 is 10.2. The van der Waals surface area contributed by atoms with Crippen molar-refractivity contribution in [3.63, 3.8) is 0 Å². The third-order valence-corrected chi connectivity index (χ3v) is 8.38. The molecule has 2 aliphatic heterocycles. The number of benzene rings is 1. The van der Waals surface area contributed by atoms with E-state index in [4.69, 9.17) is 41.8 Å². The normalized spacial score (nSPS) is 16.3. The number of methoxy groups -OCH3 is 1. The molecule has 1 atom stereocenters. The van der Waals surface area contributed by atoms with Crippen molar-refractivity contribution in [2.45, 2.75) is 32.2 Å². The maximum absolute atomic E-state index is 10.1. The van der Waals surface area contributed by atoms with Gasteiger partial charge < -0.3 is 35.4 Å². The number of aliphatic imine (C=N–C) groups is 1. The third kappa shape index (κ3) is 6.60. The summed E-state index contributed by atoms with van der Waals surface area (Å²) in [7, 11) is 5.18. The molecule has 0 radical (unpaired) electrons. The fourth-order valence-corrected chi connectivity index (χ4v) is 5.58. The standard InChI is InChI=1S/C29H35BrClN9O3/c1-16-25(26(34-3)22(30)8-32)37-27(21-7-19(5-6-23(21)31)43-15-18(41)10-33-2)38-28(16)39-11-17-9-35-29(36-24(17)14-39)40-12-20(13-40)42-4/h5-9,18,20,33,41H,10-15,32H2,1-4H3/t18-/m1/s1. The van der Waals surface area contributed by atoms with Crippen LogP contribution >= 0.6 is 27.5 Å². The number of rotatable bonds is 11. The average Bonchev–Trinajstić information content (AvgIpc) is 3.41. The van der Waals surface area contributed by atoms with Crippen molar-refractivity contribution in [1.82, 2.24) is 25.3 Å². The van der Waals surface area contributed by atoms with Crippen molar-refractivity contribution in [2.75, 3.05) is 57.2 Å². The molecule has 4 heterocycles. The highest BCUT2D eigenvalue weighted by atomic mass is 79.9. The number of aromatic nitrogens is 4. The number of nitrogens with zero attached hydrogens (tertiary/aromatic N) is 7. The Labute approximate surface area is 264 Å². The van der Waals surface area contributed by atoms with Crippen LogP contribution in [0.4, 0.5) is 11.8 Å². The molecule has 0 saturated carbocycles. The molecule has 2 aromatic heterocycles. The Morgan fingerprint density at radius 1 is 1.28 bits per heavy atom. The number of anilines is 2. The second-order valence-electron chi connectivity index (χ2n) is 10.4. The molecule has 228 valence electrons. The Morgan fingerprint density at radius 3 is 2.77 bits per heavy atom. The third-order valence-electron chi connectivity index (χ3n) is 7.41. The summed E-state index contributed by atoms with van der Waals surface area (Å²) in [4.78, 5) is 28.2. The van der Waals surface area contributed by atoms with Gasteiger partial charge in [0.15, 0.2) is 5.82 Å². The number of nitrogens with two attached hydrogens (primary N) is 1. The van der Waals surface area contributed by atoms with Gasteiger partial charge in [0.25, 0.3) is 0 Å². The molecular weight excluding hydrogens is 638 g/mol. The van der Waals surface area contributed by atoms with Gasteiger partial charge >= 0.3 is 0 Å². The zero-order valence-electron chi connectivity index (χ0n) is 24.5. The van der Waals surface area contributed by atoms with Crippen LogP contribution in [0.2, 0.25) is 5.02 Å². The Morgan fingerprint density at radius 2 is 2.07 bits per heavy atom. The van der Waals surface area contributed by atoms with E-state index in [-0.39, 0.29) is 12.7 Å². The van der Waals surface area contributed by atoms with Crippen molar-refractivity contribution in [2.24, 2.45) is 10.7 Å². The number of hydrogen-bond donors (Lipinski definition) is 3. The average molecular weight is 673 g/mol. The SMILES string of the molecule is CN=C(C(Br)=CN)c1nc(-c2cc(OC[C@H](O)CNC)ccc2Cl)nc(N2Cc3cnc(N4CC(OC)C4)nc3C2)c1C. The lowest BCUT2D eigenvalue weighted by molar-refractivity contribution is 0.0778. The molecule has 1 saturated heterocycles. The Bertz CT molecular complexity index is 1550. The topological polar surface area (TPSA) is 147 Å². The molecule has 14 heteroatoms. The van der Waals surface area contributed by atoms with E-state index in [9.17, 15) is 5.11 Å². The second-order valence-corrected chi connectivity index (χ2v) is 11.6. The molecule has 1 aromatic carbocycles. The van der Waals surface area contributed by atoms with E-state index >= 15 is 0 Å². The Kier molecular flexibility index (Phi) is 9.77. The highest BCUT2D eigenvalue weighted by molar-refractivity contribution is 9.12. The van der Waals surface area contributed by atoms with Crippen LogP contribution in [0.15, 0.2) is 40.1 Å². The lowest BCUT2D eigenvalue weighted by Crippen LogP contribution is -2.52. The largest absolute Gasteiger partial charge is 0.491 e. The summed E-state index contributed by atoms with van der Waals surface area (Å²) in [5.74, 6) is 2.35. The van der Waals surface area contributed by atoms with Crippen LogP contribution in [0.1, 0.15) is 22.5 Å². The van der Waals surface area contributed by atoms with Crippen LogP contribution in [0.5, 0.6) is 5.75 Å². The highest BCUT2D eigenvalue weighted by Gasteiger charge is 2.31. The second kappa shape index (κ2) is 13.5. The monoisotopic (exact) mass is 671 g/mol. The first-order chi connectivity index (χ1) is 20.8. The molecule has 0 aliphatic carbocycles. The smallest absolute Gasteiger partial charge is 0.225 e. The quantitative estimate of drug-likeness (QED) is 0.259. The number of allylic oxidation sites excluding steroid dienone is 1. The van der Waals surface area contributed by atoms with E-state index in [0.29, 0.717) is 69.4 Å². The maximum atomic E-state index is 10.1. The fraction of sp³-hybridized carbons (Fsp3) is 0.414. The molecule has 1 fully saturated rings. The highest BCUT2D eigenvalue weighted by Crippen LogP contribution is 2.36. The van der Waals surface area contributed by atoms with Crippen molar-refractivity contribution >= 4 is 45.0 Å². The Balaban J connectivity index is 1.52. The minimum atomic E-state index is -0.662. The first kappa shape index (κ1) is 31.1. The van der Waals surface area contributed by atoms with E-state index < -0.39 is 6.10 Å². The molecule has 0 amide bonds. The molecule has 3 aromatic rings. The minimum absolute atomic E-state index is 0.118. The van der Waals surface area contributed by atoms with Crippen LogP contribution < -0.4 is 25.6 Å². The number of aliphatic hydroxyl groups excluding tert-OH is 1. The number of likely N-dealkylation sites (N-methyl/N-ethyl adjacent to an activating group) is 1. The van der Waals surface area contributed by atoms with Gasteiger partial charge in [-0.3, -0.25) is 4.99 Å². The van der Waals surface area contributed by atoms with E-state index in [0.717, 1.165) is 29.9 Å². The molecule has 0 bridgehead atoms. The molecule has 5 rings (SSSR count). The predicted octanol–water partition coefficient (Wildman–Crippen LogP) is 2.82. The van der Waals surface area contributed by atoms with Crippen molar-refractivity contribution < 1.29 is 14.6 Å². The summed E-state index contributed by atoms with van der Waals surface area (Å²) in [6, 6.07) is 5.26. The van der Waals surface area contributed by atoms with Crippen LogP contribution in [-0.2, 0) is 17.8 Å². The summed E-state index contributed by atoms with van der Waals surface area (Å²) in [5.41, 5.74) is 10.4. The zero-order valence-corrected chi connectivity index (χ0v) is 26.9. The number of nitrogens with one attached hydrogen (secondary N) is 1. The number of hydrogen-bond acceptors (Lipinski definition) is 12. The summed E-state index contributed by atoms with van der Waals surface area (Å²) < 4.78 is 11.8. The number of halogens is 2. The van der Waals surface area contributed by atoms with Crippen LogP contribution in [-0.4, -0.2) is 90.4 Å². The zero-order chi connectivity index (χ0) is 30.7. The van der Waals surface area contributed by atoms with Gasteiger partial charge in [0.1, 0.15) is 24.3 Å². The molecule has 43 heavy (non-hydrogen) atoms. The van der Waals surface area contributed by atoms with Gasteiger partial charge in [0, 0.05) is 69.4 Å². The lowest BCUT2D eigenvalue weighted by atomic mass is 10.1. The van der Waals surface area contributed by atoms with E-state index in [1.807, 2.05) is 13.1 Å². The fourth-order valence-electron chi connectivity index (χ4n) is 5.02. The molecule has 0 spiro atoms. The number of aliphatic hydroxyl groups is 1. The summed E-state index contributed by atoms with van der Waals surface area (Å²) in [6.07, 6.45) is 2.88. The van der Waals surface area contributed by atoms with Gasteiger partial charge in [-0.05, 0) is 48.1 Å². The molecule has 4 N–H and O–H groups in total. The summed E-state index contributed by atoms with van der Waals surface area (Å²) in [5, 5.41) is 13.5. The van der Waals surface area contributed by atoms with Crippen LogP contribution in [0.3, 0.4) is 0 Å². The first-order valence-electron chi connectivity index (χ1n) is 13.8. The van der Waals surface area contributed by atoms with Gasteiger partial charge in [0.2, 0.25) is 5.95 Å². The summed E-state index contributed by atoms with van der Waals surface area (Å²) in [6.45, 7) is 5.18. The number of ether oxygens (including phenoxy) is 2. The van der Waals surface area contributed by atoms with Crippen LogP contribution in [0.25, 0.3) is 11.4 Å². The Hall–Kier alpha value is -3.36. The first-order valence-corrected chi connectivity index (χ1v) is 15.0. The minimum Gasteiger partial charge on any atom is -0.491 e. The van der Waals surface area contributed by atoms with Crippen molar-refractivity contribution in [1.29, 1.82) is 0 Å². The molecular formula is C29H35BrClN9O3. The number of fused-ring (bicyclic) bond motifs is 1. The van der Waals surface area contributed by atoms with Crippen molar-refractivity contribution in [3.05, 3.63) is 62.6 Å². The van der Waals surface area contributed by atoms with Crippen molar-refractivity contribution in [3.8, 4) is 17.1 Å². The molecule has 12 nitrogen and oxygen atoms in total. The maximum Gasteiger partial charge on any atom is 0.225 e. The van der Waals surface area contributed by atoms with Crippen LogP contribution in [0, 0.1) is 6.92 Å². The van der Waals surface area contributed by atoms with Gasteiger partial charge in [-0.1, -0.05) is 11.6 Å². The van der Waals surface area contributed by atoms with Gasteiger partial charge in [0.05, 0.1) is 39.3 Å². The predicted molar refractivity (Wildman–Crippen MR) is 171 cm³/mol. The van der Waals surface area contributed by atoms with Gasteiger partial charge in [-0.2, -0.15) is 0 Å². The molecule has 2 aliphatic rings. The lowest BCUT2D eigenvalue weighted by Gasteiger charge is -2.38. The van der Waals surface area contributed by atoms with E-state index in [1.54, 1.807) is 39.4 Å². The van der Waals surface area contributed by atoms with E-state index in [2.05, 4.69) is 41.0 Å². The molecule has 0 unspecified atom stereocenters.